The number of rotatable bonds is 4. The molecule has 4 aromatic heterocycles. The molecular weight excluding hydrogens is 372 g/mol. The van der Waals surface area contributed by atoms with Crippen molar-refractivity contribution in [3.63, 3.8) is 0 Å². The summed E-state index contributed by atoms with van der Waals surface area (Å²) in [5.41, 5.74) is 2.65. The van der Waals surface area contributed by atoms with Crippen LogP contribution in [-0.4, -0.2) is 42.2 Å². The van der Waals surface area contributed by atoms with Gasteiger partial charge in [0.25, 0.3) is 5.91 Å². The fourth-order valence-corrected chi connectivity index (χ4v) is 3.73. The molecule has 0 spiro atoms. The average molecular weight is 387 g/mol. The molecule has 7 nitrogen and oxygen atoms in total. The third-order valence-corrected chi connectivity index (χ3v) is 5.36. The first-order valence-electron chi connectivity index (χ1n) is 7.84. The molecule has 4 heterocycles. The van der Waals surface area contributed by atoms with Crippen LogP contribution in [0.2, 0.25) is 5.02 Å². The summed E-state index contributed by atoms with van der Waals surface area (Å²) >= 11 is 7.76. The van der Waals surface area contributed by atoms with E-state index < -0.39 is 0 Å². The van der Waals surface area contributed by atoms with Gasteiger partial charge < -0.3 is 4.90 Å². The zero-order valence-electron chi connectivity index (χ0n) is 14.1. The minimum Gasteiger partial charge on any atom is -0.336 e. The van der Waals surface area contributed by atoms with Crippen molar-refractivity contribution in [1.82, 2.24) is 29.3 Å². The predicted molar refractivity (Wildman–Crippen MR) is 100 cm³/mol. The van der Waals surface area contributed by atoms with Crippen LogP contribution >= 0.6 is 22.9 Å². The summed E-state index contributed by atoms with van der Waals surface area (Å²) in [6.07, 6.45) is 4.82. The lowest BCUT2D eigenvalue weighted by Gasteiger charge is -2.16. The van der Waals surface area contributed by atoms with Crippen molar-refractivity contribution in [2.75, 3.05) is 7.05 Å². The van der Waals surface area contributed by atoms with E-state index in [0.717, 1.165) is 16.3 Å². The van der Waals surface area contributed by atoms with Gasteiger partial charge in [-0.15, -0.1) is 11.3 Å². The Kier molecular flexibility index (Phi) is 4.21. The molecule has 0 saturated carbocycles. The number of amides is 1. The van der Waals surface area contributed by atoms with Gasteiger partial charge in [-0.2, -0.15) is 10.2 Å². The second kappa shape index (κ2) is 6.54. The molecule has 0 bridgehead atoms. The zero-order valence-corrected chi connectivity index (χ0v) is 15.7. The summed E-state index contributed by atoms with van der Waals surface area (Å²) in [4.78, 5) is 19.9. The van der Waals surface area contributed by atoms with E-state index >= 15 is 0 Å². The van der Waals surface area contributed by atoms with Crippen molar-refractivity contribution >= 4 is 34.5 Å². The van der Waals surface area contributed by atoms with Gasteiger partial charge in [-0.25, -0.2) is 9.50 Å². The van der Waals surface area contributed by atoms with Gasteiger partial charge in [0.2, 0.25) is 0 Å². The molecule has 0 aliphatic heterocycles. The molecule has 0 aromatic carbocycles. The summed E-state index contributed by atoms with van der Waals surface area (Å²) in [6, 6.07) is 5.88. The number of hydrogen-bond donors (Lipinski definition) is 0. The second-order valence-corrected chi connectivity index (χ2v) is 7.18. The molecule has 0 atom stereocenters. The van der Waals surface area contributed by atoms with E-state index in [1.54, 1.807) is 58.1 Å². The number of thiophene rings is 1. The molecule has 0 aliphatic rings. The minimum atomic E-state index is -0.173. The van der Waals surface area contributed by atoms with Crippen molar-refractivity contribution in [3.05, 3.63) is 58.4 Å². The van der Waals surface area contributed by atoms with Crippen LogP contribution in [0.25, 0.3) is 16.2 Å². The number of aryl methyl sites for hydroxylation is 1. The Hall–Kier alpha value is -2.71. The molecule has 26 heavy (non-hydrogen) atoms. The third kappa shape index (κ3) is 2.77. The molecule has 132 valence electrons. The van der Waals surface area contributed by atoms with Gasteiger partial charge in [0, 0.05) is 20.3 Å². The first-order chi connectivity index (χ1) is 12.6. The smallest absolute Gasteiger partial charge is 0.259 e. The lowest BCUT2D eigenvalue weighted by molar-refractivity contribution is 0.0783. The Balaban J connectivity index is 1.68. The number of carbonyl (C=O) groups is 1. The Morgan fingerprint density at radius 2 is 2.15 bits per heavy atom. The highest BCUT2D eigenvalue weighted by Gasteiger charge is 2.21. The molecule has 0 radical (unpaired) electrons. The van der Waals surface area contributed by atoms with Crippen LogP contribution in [0.4, 0.5) is 0 Å². The lowest BCUT2D eigenvalue weighted by atomic mass is 10.2. The molecule has 4 rings (SSSR count). The molecule has 0 N–H and O–H groups in total. The van der Waals surface area contributed by atoms with E-state index in [1.165, 1.54) is 0 Å². The Morgan fingerprint density at radius 3 is 2.85 bits per heavy atom. The number of fused-ring (bicyclic) bond motifs is 1. The molecular formula is C17H15ClN6OS. The summed E-state index contributed by atoms with van der Waals surface area (Å²) in [5.74, 6) is -0.173. The normalized spacial score (nSPS) is 11.2. The maximum absolute atomic E-state index is 12.9. The van der Waals surface area contributed by atoms with Crippen molar-refractivity contribution in [3.8, 4) is 10.6 Å². The van der Waals surface area contributed by atoms with Crippen molar-refractivity contribution in [2.24, 2.45) is 7.05 Å². The first-order valence-corrected chi connectivity index (χ1v) is 9.10. The fourth-order valence-electron chi connectivity index (χ4n) is 2.77. The molecule has 0 fully saturated rings. The Morgan fingerprint density at radius 1 is 1.31 bits per heavy atom. The molecule has 0 aliphatic carbocycles. The number of hydrogen-bond acceptors (Lipinski definition) is 5. The average Bonchev–Trinajstić information content (AvgIpc) is 3.37. The van der Waals surface area contributed by atoms with E-state index in [2.05, 4.69) is 15.2 Å². The highest BCUT2D eigenvalue weighted by atomic mass is 35.5. The monoisotopic (exact) mass is 386 g/mol. The van der Waals surface area contributed by atoms with Crippen LogP contribution < -0.4 is 0 Å². The van der Waals surface area contributed by atoms with Gasteiger partial charge in [-0.3, -0.25) is 9.48 Å². The predicted octanol–water partition coefficient (Wildman–Crippen LogP) is 3.12. The van der Waals surface area contributed by atoms with Gasteiger partial charge in [-0.1, -0.05) is 17.7 Å². The molecule has 0 saturated heterocycles. The number of halogens is 1. The summed E-state index contributed by atoms with van der Waals surface area (Å²) in [5, 5.41) is 11.0. The molecule has 1 amide bonds. The zero-order chi connectivity index (χ0) is 18.3. The van der Waals surface area contributed by atoms with E-state index in [9.17, 15) is 4.79 Å². The number of aromatic nitrogens is 5. The van der Waals surface area contributed by atoms with Crippen LogP contribution in [-0.2, 0) is 13.6 Å². The SMILES string of the molecule is CN(Cc1c(Cl)cnn1C)C(=O)c1cnn2c(-c3cccs3)ccnc12. The highest BCUT2D eigenvalue weighted by Crippen LogP contribution is 2.26. The number of carbonyl (C=O) groups excluding carboxylic acids is 1. The molecule has 0 unspecified atom stereocenters. The maximum Gasteiger partial charge on any atom is 0.259 e. The van der Waals surface area contributed by atoms with Crippen LogP contribution in [0.1, 0.15) is 16.1 Å². The molecule has 4 aromatic rings. The van der Waals surface area contributed by atoms with Crippen LogP contribution in [0.5, 0.6) is 0 Å². The van der Waals surface area contributed by atoms with E-state index in [-0.39, 0.29) is 5.91 Å². The van der Waals surface area contributed by atoms with Gasteiger partial charge in [0.05, 0.1) is 40.2 Å². The first kappa shape index (κ1) is 16.7. The van der Waals surface area contributed by atoms with Crippen LogP contribution in [0.3, 0.4) is 0 Å². The fraction of sp³-hybridized carbons (Fsp3) is 0.176. The van der Waals surface area contributed by atoms with E-state index in [1.807, 2.05) is 23.6 Å². The Labute approximate surface area is 158 Å². The van der Waals surface area contributed by atoms with E-state index in [4.69, 9.17) is 11.6 Å². The summed E-state index contributed by atoms with van der Waals surface area (Å²) in [6.45, 7) is 0.343. The van der Waals surface area contributed by atoms with Crippen molar-refractivity contribution in [1.29, 1.82) is 0 Å². The van der Waals surface area contributed by atoms with Crippen molar-refractivity contribution < 1.29 is 4.79 Å². The second-order valence-electron chi connectivity index (χ2n) is 5.83. The quantitative estimate of drug-likeness (QED) is 0.540. The van der Waals surface area contributed by atoms with Gasteiger partial charge in [0.15, 0.2) is 5.65 Å². The Bertz CT molecular complexity index is 1060. The lowest BCUT2D eigenvalue weighted by Crippen LogP contribution is -2.27. The highest BCUT2D eigenvalue weighted by molar-refractivity contribution is 7.13. The van der Waals surface area contributed by atoms with Crippen LogP contribution in [0.15, 0.2) is 42.2 Å². The summed E-state index contributed by atoms with van der Waals surface area (Å²) in [7, 11) is 3.52. The van der Waals surface area contributed by atoms with Crippen molar-refractivity contribution in [2.45, 2.75) is 6.54 Å². The van der Waals surface area contributed by atoms with Gasteiger partial charge >= 0.3 is 0 Å². The minimum absolute atomic E-state index is 0.173. The standard InChI is InChI=1S/C17H15ClN6OS/c1-22(10-14-12(18)9-20-23(14)2)17(25)11-8-21-24-13(5-6-19-16(11)24)15-4-3-7-26-15/h3-9H,10H2,1-2H3. The van der Waals surface area contributed by atoms with Gasteiger partial charge in [0.1, 0.15) is 5.56 Å². The van der Waals surface area contributed by atoms with Gasteiger partial charge in [-0.05, 0) is 17.5 Å². The third-order valence-electron chi connectivity index (χ3n) is 4.15. The topological polar surface area (TPSA) is 68.3 Å². The molecule has 9 heteroatoms. The maximum atomic E-state index is 12.9. The largest absolute Gasteiger partial charge is 0.336 e. The summed E-state index contributed by atoms with van der Waals surface area (Å²) < 4.78 is 3.36. The van der Waals surface area contributed by atoms with E-state index in [0.29, 0.717) is 22.8 Å². The van der Waals surface area contributed by atoms with Crippen LogP contribution in [0, 0.1) is 0 Å². The number of nitrogens with zero attached hydrogens (tertiary/aromatic N) is 6.